The Bertz CT molecular complexity index is 750. The molecule has 0 aliphatic carbocycles. The molecular weight excluding hydrogens is 272 g/mol. The maximum Gasteiger partial charge on any atom is 0.0873 e. The molecule has 2 N–H and O–H groups in total. The van der Waals surface area contributed by atoms with Gasteiger partial charge in [0, 0.05) is 24.8 Å². The summed E-state index contributed by atoms with van der Waals surface area (Å²) >= 11 is 6.14. The van der Waals surface area contributed by atoms with Gasteiger partial charge in [-0.25, -0.2) is 0 Å². The highest BCUT2D eigenvalue weighted by molar-refractivity contribution is 6.31. The molecule has 20 heavy (non-hydrogen) atoms. The van der Waals surface area contributed by atoms with Crippen LogP contribution in [0, 0.1) is 0 Å². The molecule has 1 atom stereocenters. The van der Waals surface area contributed by atoms with Crippen molar-refractivity contribution in [1.82, 2.24) is 14.8 Å². The quantitative estimate of drug-likeness (QED) is 0.805. The maximum atomic E-state index is 6.32. The van der Waals surface area contributed by atoms with Gasteiger partial charge in [0.15, 0.2) is 0 Å². The molecule has 5 heteroatoms. The third-order valence-corrected chi connectivity index (χ3v) is 3.77. The van der Waals surface area contributed by atoms with Crippen LogP contribution in [0.5, 0.6) is 0 Å². The zero-order chi connectivity index (χ0) is 14.1. The number of nitrogens with two attached hydrogens (primary N) is 1. The summed E-state index contributed by atoms with van der Waals surface area (Å²) in [6, 6.07) is 9.79. The molecule has 0 fully saturated rings. The van der Waals surface area contributed by atoms with E-state index in [1.807, 2.05) is 42.1 Å². The lowest BCUT2D eigenvalue weighted by molar-refractivity contribution is 0.665. The Hall–Kier alpha value is -1.91. The highest BCUT2D eigenvalue weighted by atomic mass is 35.5. The van der Waals surface area contributed by atoms with Crippen molar-refractivity contribution in [3.63, 3.8) is 0 Å². The first-order chi connectivity index (χ1) is 9.66. The Morgan fingerprint density at radius 3 is 2.90 bits per heavy atom. The zero-order valence-corrected chi connectivity index (χ0v) is 11.9. The summed E-state index contributed by atoms with van der Waals surface area (Å²) in [6.07, 6.45) is 4.01. The van der Waals surface area contributed by atoms with Gasteiger partial charge in [-0.2, -0.15) is 5.10 Å². The molecule has 0 radical (unpaired) electrons. The van der Waals surface area contributed by atoms with Crippen LogP contribution >= 0.6 is 11.6 Å². The standard InChI is InChI=1S/C15H15ClN4/c1-20-14-5-3-2-4-11(14)15(19-20)13(17)8-10-6-7-18-9-12(10)16/h2-7,9,13H,8,17H2,1H3. The van der Waals surface area contributed by atoms with E-state index in [2.05, 4.69) is 10.1 Å². The predicted molar refractivity (Wildman–Crippen MR) is 80.6 cm³/mol. The number of hydrogen-bond donors (Lipinski definition) is 1. The van der Waals surface area contributed by atoms with Crippen LogP contribution in [-0.2, 0) is 13.5 Å². The van der Waals surface area contributed by atoms with Gasteiger partial charge in [0.2, 0.25) is 0 Å². The van der Waals surface area contributed by atoms with Crippen LogP contribution in [0.2, 0.25) is 5.02 Å². The van der Waals surface area contributed by atoms with E-state index in [0.29, 0.717) is 11.4 Å². The van der Waals surface area contributed by atoms with Gasteiger partial charge >= 0.3 is 0 Å². The number of halogens is 1. The molecule has 102 valence electrons. The summed E-state index contributed by atoms with van der Waals surface area (Å²) in [4.78, 5) is 3.99. The maximum absolute atomic E-state index is 6.32. The fourth-order valence-electron chi connectivity index (χ4n) is 2.42. The topological polar surface area (TPSA) is 56.7 Å². The number of para-hydroxylation sites is 1. The lowest BCUT2D eigenvalue weighted by Crippen LogP contribution is -2.15. The molecular formula is C15H15ClN4. The number of nitrogens with zero attached hydrogens (tertiary/aromatic N) is 3. The molecule has 0 aliphatic heterocycles. The van der Waals surface area contributed by atoms with E-state index in [-0.39, 0.29) is 6.04 Å². The lowest BCUT2D eigenvalue weighted by Gasteiger charge is -2.10. The average molecular weight is 287 g/mol. The molecule has 3 rings (SSSR count). The van der Waals surface area contributed by atoms with Crippen molar-refractivity contribution in [2.24, 2.45) is 12.8 Å². The number of aromatic nitrogens is 3. The fraction of sp³-hybridized carbons (Fsp3) is 0.200. The molecule has 0 spiro atoms. The Morgan fingerprint density at radius 2 is 2.10 bits per heavy atom. The number of fused-ring (bicyclic) bond motifs is 1. The number of benzene rings is 1. The number of pyridine rings is 1. The van der Waals surface area contributed by atoms with Gasteiger partial charge in [0.1, 0.15) is 0 Å². The van der Waals surface area contributed by atoms with Crippen LogP contribution < -0.4 is 5.73 Å². The third kappa shape index (κ3) is 2.28. The van der Waals surface area contributed by atoms with Crippen LogP contribution in [0.3, 0.4) is 0 Å². The van der Waals surface area contributed by atoms with Gasteiger partial charge in [0.25, 0.3) is 0 Å². The van der Waals surface area contributed by atoms with Crippen molar-refractivity contribution in [3.8, 4) is 0 Å². The molecule has 2 aromatic heterocycles. The van der Waals surface area contributed by atoms with Gasteiger partial charge in [-0.3, -0.25) is 9.67 Å². The second-order valence-corrected chi connectivity index (χ2v) is 5.21. The molecule has 0 saturated heterocycles. The average Bonchev–Trinajstić information content (AvgIpc) is 2.79. The molecule has 3 aromatic rings. The summed E-state index contributed by atoms with van der Waals surface area (Å²) in [5, 5.41) is 6.28. The van der Waals surface area contributed by atoms with E-state index >= 15 is 0 Å². The highest BCUT2D eigenvalue weighted by Crippen LogP contribution is 2.26. The second-order valence-electron chi connectivity index (χ2n) is 4.80. The van der Waals surface area contributed by atoms with Crippen molar-refractivity contribution >= 4 is 22.5 Å². The largest absolute Gasteiger partial charge is 0.322 e. The third-order valence-electron chi connectivity index (χ3n) is 3.43. The first-order valence-corrected chi connectivity index (χ1v) is 6.80. The minimum absolute atomic E-state index is 0.194. The van der Waals surface area contributed by atoms with Crippen LogP contribution in [0.1, 0.15) is 17.3 Å². The molecule has 0 bridgehead atoms. The molecule has 0 aliphatic rings. The van der Waals surface area contributed by atoms with Gasteiger partial charge < -0.3 is 5.73 Å². The van der Waals surface area contributed by atoms with E-state index in [9.17, 15) is 0 Å². The summed E-state index contributed by atoms with van der Waals surface area (Å²) in [5.74, 6) is 0. The fourth-order valence-corrected chi connectivity index (χ4v) is 2.62. The summed E-state index contributed by atoms with van der Waals surface area (Å²) in [5.41, 5.74) is 9.29. The van der Waals surface area contributed by atoms with E-state index in [1.54, 1.807) is 12.4 Å². The zero-order valence-electron chi connectivity index (χ0n) is 11.1. The summed E-state index contributed by atoms with van der Waals surface area (Å²) in [6.45, 7) is 0. The number of rotatable bonds is 3. The van der Waals surface area contributed by atoms with Crippen LogP contribution in [-0.4, -0.2) is 14.8 Å². The number of hydrogen-bond acceptors (Lipinski definition) is 3. The van der Waals surface area contributed by atoms with Gasteiger partial charge in [-0.15, -0.1) is 0 Å². The molecule has 0 saturated carbocycles. The first kappa shape index (κ1) is 13.1. The van der Waals surface area contributed by atoms with Crippen LogP contribution in [0.15, 0.2) is 42.7 Å². The minimum atomic E-state index is -0.194. The molecule has 2 heterocycles. The van der Waals surface area contributed by atoms with E-state index in [1.165, 1.54) is 0 Å². The van der Waals surface area contributed by atoms with E-state index in [0.717, 1.165) is 22.2 Å². The van der Waals surface area contributed by atoms with E-state index in [4.69, 9.17) is 17.3 Å². The van der Waals surface area contributed by atoms with Gasteiger partial charge in [-0.05, 0) is 24.1 Å². The van der Waals surface area contributed by atoms with Crippen molar-refractivity contribution in [2.75, 3.05) is 0 Å². The Morgan fingerprint density at radius 1 is 1.30 bits per heavy atom. The molecule has 4 nitrogen and oxygen atoms in total. The predicted octanol–water partition coefficient (Wildman–Crippen LogP) is 2.86. The van der Waals surface area contributed by atoms with Gasteiger partial charge in [0.05, 0.1) is 22.3 Å². The van der Waals surface area contributed by atoms with Crippen molar-refractivity contribution in [2.45, 2.75) is 12.5 Å². The van der Waals surface area contributed by atoms with Crippen molar-refractivity contribution in [3.05, 3.63) is 59.0 Å². The SMILES string of the molecule is Cn1nc(C(N)Cc2ccncc2Cl)c2ccccc21. The van der Waals surface area contributed by atoms with E-state index < -0.39 is 0 Å². The summed E-state index contributed by atoms with van der Waals surface area (Å²) in [7, 11) is 1.93. The Labute approximate surface area is 122 Å². The molecule has 1 unspecified atom stereocenters. The highest BCUT2D eigenvalue weighted by Gasteiger charge is 2.16. The normalized spacial score (nSPS) is 12.8. The molecule has 1 aromatic carbocycles. The summed E-state index contributed by atoms with van der Waals surface area (Å²) < 4.78 is 1.86. The van der Waals surface area contributed by atoms with Crippen LogP contribution in [0.25, 0.3) is 10.9 Å². The Balaban J connectivity index is 1.97. The van der Waals surface area contributed by atoms with Crippen LogP contribution in [0.4, 0.5) is 0 Å². The minimum Gasteiger partial charge on any atom is -0.322 e. The van der Waals surface area contributed by atoms with Crippen molar-refractivity contribution < 1.29 is 0 Å². The first-order valence-electron chi connectivity index (χ1n) is 6.42. The van der Waals surface area contributed by atoms with Gasteiger partial charge in [-0.1, -0.05) is 29.8 Å². The molecule has 0 amide bonds. The second kappa shape index (κ2) is 5.23. The van der Waals surface area contributed by atoms with Crippen molar-refractivity contribution in [1.29, 1.82) is 0 Å². The monoisotopic (exact) mass is 286 g/mol. The Kier molecular flexibility index (Phi) is 3.42. The number of aryl methyl sites for hydroxylation is 1. The smallest absolute Gasteiger partial charge is 0.0873 e. The lowest BCUT2D eigenvalue weighted by atomic mass is 10.0.